The number of nitrogens with zero attached hydrogens (tertiary/aromatic N) is 1. The van der Waals surface area contributed by atoms with Gasteiger partial charge < -0.3 is 9.47 Å². The van der Waals surface area contributed by atoms with Crippen molar-refractivity contribution in [2.24, 2.45) is 10.9 Å². The third-order valence-electron chi connectivity index (χ3n) is 5.67. The summed E-state index contributed by atoms with van der Waals surface area (Å²) >= 11 is 0. The summed E-state index contributed by atoms with van der Waals surface area (Å²) in [5.41, 5.74) is 1.97. The Labute approximate surface area is 180 Å². The Balaban J connectivity index is 1.56. The van der Waals surface area contributed by atoms with Crippen LogP contribution in [0.5, 0.6) is 5.75 Å². The van der Waals surface area contributed by atoms with E-state index in [0.717, 1.165) is 0 Å². The highest BCUT2D eigenvalue weighted by Crippen LogP contribution is 2.44. The molecule has 0 amide bonds. The molecule has 4 rings (SSSR count). The van der Waals surface area contributed by atoms with E-state index in [1.54, 1.807) is 25.1 Å². The fourth-order valence-electron chi connectivity index (χ4n) is 4.28. The van der Waals surface area contributed by atoms with Crippen LogP contribution in [0.4, 0.5) is 4.39 Å². The van der Waals surface area contributed by atoms with E-state index in [4.69, 9.17) is 9.47 Å². The van der Waals surface area contributed by atoms with Gasteiger partial charge >= 0.3 is 5.97 Å². The van der Waals surface area contributed by atoms with Gasteiger partial charge in [-0.2, -0.15) is 0 Å². The van der Waals surface area contributed by atoms with Crippen LogP contribution in [0.3, 0.4) is 0 Å². The third kappa shape index (κ3) is 4.43. The summed E-state index contributed by atoms with van der Waals surface area (Å²) in [6.07, 6.45) is 1.74. The summed E-state index contributed by atoms with van der Waals surface area (Å²) in [6.45, 7) is 1.97. The Morgan fingerprint density at radius 3 is 2.58 bits per heavy atom. The predicted molar refractivity (Wildman–Crippen MR) is 115 cm³/mol. The maximum atomic E-state index is 14.8. The molecular formula is C25H24FNO4. The van der Waals surface area contributed by atoms with Crippen molar-refractivity contribution in [3.05, 3.63) is 77.2 Å². The Bertz CT molecular complexity index is 1040. The monoisotopic (exact) mass is 421 g/mol. The second-order valence-corrected chi connectivity index (χ2v) is 7.70. The molecule has 1 aliphatic heterocycles. The normalized spacial score (nSPS) is 20.7. The van der Waals surface area contributed by atoms with Crippen LogP contribution < -0.4 is 4.74 Å². The number of hydrogen-bond donors (Lipinski definition) is 0. The van der Waals surface area contributed by atoms with Crippen molar-refractivity contribution in [2.45, 2.75) is 32.1 Å². The van der Waals surface area contributed by atoms with Gasteiger partial charge in [-0.3, -0.25) is 14.6 Å². The molecule has 1 unspecified atom stereocenters. The second kappa shape index (κ2) is 9.25. The first-order valence-electron chi connectivity index (χ1n) is 10.5. The van der Waals surface area contributed by atoms with Gasteiger partial charge in [0.2, 0.25) is 0 Å². The summed E-state index contributed by atoms with van der Waals surface area (Å²) in [5, 5.41) is 0. The van der Waals surface area contributed by atoms with Gasteiger partial charge in [-0.25, -0.2) is 4.39 Å². The molecule has 0 fully saturated rings. The lowest BCUT2D eigenvalue weighted by Crippen LogP contribution is -2.38. The van der Waals surface area contributed by atoms with Crippen molar-refractivity contribution in [2.75, 3.05) is 13.2 Å². The highest BCUT2D eigenvalue weighted by atomic mass is 19.1. The number of carbonyl (C=O) groups is 2. The molecule has 0 aromatic heterocycles. The number of aliphatic imine (C=N–C) groups is 1. The quantitative estimate of drug-likeness (QED) is 0.504. The third-order valence-corrected chi connectivity index (χ3v) is 5.67. The summed E-state index contributed by atoms with van der Waals surface area (Å²) in [5.74, 6) is -1.95. The van der Waals surface area contributed by atoms with Gasteiger partial charge in [0.15, 0.2) is 5.78 Å². The summed E-state index contributed by atoms with van der Waals surface area (Å²) in [6, 6.07) is 15.5. The van der Waals surface area contributed by atoms with Gasteiger partial charge in [0, 0.05) is 29.3 Å². The molecule has 2 aromatic carbocycles. The predicted octanol–water partition coefficient (Wildman–Crippen LogP) is 4.63. The van der Waals surface area contributed by atoms with Crippen LogP contribution >= 0.6 is 0 Å². The SMILES string of the molecule is CC1=NC2=C(C(=O)CCC2)[C@H](c2ccccc2F)C1C(=O)OCCOc1ccccc1. The van der Waals surface area contributed by atoms with Crippen molar-refractivity contribution in [1.29, 1.82) is 0 Å². The minimum atomic E-state index is -0.852. The second-order valence-electron chi connectivity index (χ2n) is 7.70. The molecule has 0 saturated carbocycles. The standard InChI is InChI=1S/C25H24FNO4/c1-16-22(25(29)31-15-14-30-17-8-3-2-4-9-17)23(18-10-5-6-11-19(18)26)24-20(27-16)12-7-13-21(24)28/h2-6,8-11,22-23H,7,12-15H2,1H3/t22?,23-/m1/s1. The van der Waals surface area contributed by atoms with Crippen LogP contribution in [-0.4, -0.2) is 30.7 Å². The van der Waals surface area contributed by atoms with Gasteiger partial charge in [-0.15, -0.1) is 0 Å². The van der Waals surface area contributed by atoms with E-state index in [1.165, 1.54) is 6.07 Å². The lowest BCUT2D eigenvalue weighted by atomic mass is 9.71. The van der Waals surface area contributed by atoms with Gasteiger partial charge in [-0.05, 0) is 43.5 Å². The van der Waals surface area contributed by atoms with Crippen LogP contribution in [0.1, 0.15) is 37.7 Å². The first-order chi connectivity index (χ1) is 15.1. The molecule has 6 heteroatoms. The fourth-order valence-corrected chi connectivity index (χ4v) is 4.28. The van der Waals surface area contributed by atoms with Gasteiger partial charge in [0.25, 0.3) is 0 Å². The number of rotatable bonds is 6. The van der Waals surface area contributed by atoms with Crippen LogP contribution in [0, 0.1) is 11.7 Å². The summed E-state index contributed by atoms with van der Waals surface area (Å²) < 4.78 is 25.8. The first-order valence-corrected chi connectivity index (χ1v) is 10.5. The van der Waals surface area contributed by atoms with Crippen LogP contribution in [0.25, 0.3) is 0 Å². The Kier molecular flexibility index (Phi) is 6.26. The lowest BCUT2D eigenvalue weighted by Gasteiger charge is -2.34. The molecule has 5 nitrogen and oxygen atoms in total. The van der Waals surface area contributed by atoms with Gasteiger partial charge in [0.05, 0.1) is 0 Å². The molecule has 2 atom stereocenters. The molecule has 1 aliphatic carbocycles. The zero-order chi connectivity index (χ0) is 21.8. The number of halogens is 1. The molecule has 0 spiro atoms. The molecule has 0 N–H and O–H groups in total. The number of ether oxygens (including phenoxy) is 2. The number of carbonyl (C=O) groups excluding carboxylic acids is 2. The minimum Gasteiger partial charge on any atom is -0.490 e. The van der Waals surface area contributed by atoms with E-state index in [-0.39, 0.29) is 19.0 Å². The van der Waals surface area contributed by atoms with Crippen molar-refractivity contribution >= 4 is 17.5 Å². The van der Waals surface area contributed by atoms with E-state index in [2.05, 4.69) is 4.99 Å². The van der Waals surface area contributed by atoms with E-state index < -0.39 is 23.6 Å². The Hall–Kier alpha value is -3.28. The molecule has 160 valence electrons. The Morgan fingerprint density at radius 2 is 1.81 bits per heavy atom. The number of benzene rings is 2. The highest BCUT2D eigenvalue weighted by Gasteiger charge is 2.44. The van der Waals surface area contributed by atoms with Crippen molar-refractivity contribution < 1.29 is 23.5 Å². The highest BCUT2D eigenvalue weighted by molar-refractivity contribution is 6.08. The molecule has 31 heavy (non-hydrogen) atoms. The molecule has 2 aliphatic rings. The number of esters is 1. The number of allylic oxidation sites excluding steroid dienone is 2. The van der Waals surface area contributed by atoms with E-state index in [1.807, 2.05) is 30.3 Å². The van der Waals surface area contributed by atoms with Crippen molar-refractivity contribution in [1.82, 2.24) is 0 Å². The van der Waals surface area contributed by atoms with Gasteiger partial charge in [-0.1, -0.05) is 36.4 Å². The number of Topliss-reactive ketones (excluding diaryl/α,β-unsaturated/α-hetero) is 1. The maximum absolute atomic E-state index is 14.8. The van der Waals surface area contributed by atoms with Crippen LogP contribution in [0.2, 0.25) is 0 Å². The molecule has 0 radical (unpaired) electrons. The number of ketones is 1. The topological polar surface area (TPSA) is 65.0 Å². The molecule has 2 aromatic rings. The molecular weight excluding hydrogens is 397 g/mol. The van der Waals surface area contributed by atoms with E-state index in [9.17, 15) is 14.0 Å². The van der Waals surface area contributed by atoms with E-state index in [0.29, 0.717) is 47.6 Å². The number of hydrogen-bond acceptors (Lipinski definition) is 5. The summed E-state index contributed by atoms with van der Waals surface area (Å²) in [4.78, 5) is 30.4. The molecule has 0 bridgehead atoms. The fraction of sp³-hybridized carbons (Fsp3) is 0.320. The lowest BCUT2D eigenvalue weighted by molar-refractivity contribution is -0.147. The Morgan fingerprint density at radius 1 is 1.06 bits per heavy atom. The van der Waals surface area contributed by atoms with Gasteiger partial charge in [0.1, 0.15) is 30.7 Å². The molecule has 1 heterocycles. The largest absolute Gasteiger partial charge is 0.490 e. The zero-order valence-electron chi connectivity index (χ0n) is 17.3. The van der Waals surface area contributed by atoms with Crippen molar-refractivity contribution in [3.63, 3.8) is 0 Å². The number of para-hydroxylation sites is 1. The molecule has 0 saturated heterocycles. The maximum Gasteiger partial charge on any atom is 0.315 e. The smallest absolute Gasteiger partial charge is 0.315 e. The van der Waals surface area contributed by atoms with E-state index >= 15 is 0 Å². The minimum absolute atomic E-state index is 0.0430. The van der Waals surface area contributed by atoms with Crippen LogP contribution in [0.15, 0.2) is 70.9 Å². The average molecular weight is 421 g/mol. The average Bonchev–Trinajstić information content (AvgIpc) is 2.77. The zero-order valence-corrected chi connectivity index (χ0v) is 17.3. The summed E-state index contributed by atoms with van der Waals surface area (Å²) in [7, 11) is 0. The van der Waals surface area contributed by atoms with Crippen LogP contribution in [-0.2, 0) is 14.3 Å². The van der Waals surface area contributed by atoms with Crippen molar-refractivity contribution in [3.8, 4) is 5.75 Å². The first kappa shape index (κ1) is 21.0.